The van der Waals surface area contributed by atoms with Gasteiger partial charge in [0.2, 0.25) is 0 Å². The van der Waals surface area contributed by atoms with Crippen LogP contribution in [0.3, 0.4) is 0 Å². The highest BCUT2D eigenvalue weighted by Gasteiger charge is 2.24. The van der Waals surface area contributed by atoms with Crippen LogP contribution in [0.4, 0.5) is 8.78 Å². The monoisotopic (exact) mass is 331 g/mol. The molecule has 3 rings (SSSR count). The fourth-order valence-corrected chi connectivity index (χ4v) is 2.56. The molecule has 2 aromatic rings. The quantitative estimate of drug-likeness (QED) is 0.884. The Morgan fingerprint density at radius 1 is 1.25 bits per heavy atom. The number of para-hydroxylation sites is 1. The normalized spacial score (nSPS) is 14.3. The topological polar surface area (TPSA) is 58.6 Å². The predicted molar refractivity (Wildman–Crippen MR) is 84.7 cm³/mol. The molecule has 0 aliphatic carbocycles. The molecule has 1 aliphatic rings. The van der Waals surface area contributed by atoms with Gasteiger partial charge >= 0.3 is 5.97 Å². The Morgan fingerprint density at radius 3 is 2.83 bits per heavy atom. The smallest absolute Gasteiger partial charge is 0.325 e. The third-order valence-electron chi connectivity index (χ3n) is 3.74. The number of halogens is 2. The molecule has 1 heterocycles. The SMILES string of the molecule is O=C(O)C(NCC1=Cc2ccccc2OC1)c1cc(F)ccc1F. The van der Waals surface area contributed by atoms with Gasteiger partial charge in [-0.2, -0.15) is 0 Å². The Bertz CT molecular complexity index is 805. The van der Waals surface area contributed by atoms with Crippen molar-refractivity contribution in [3.63, 3.8) is 0 Å². The number of fused-ring (bicyclic) bond motifs is 1. The Balaban J connectivity index is 1.77. The number of nitrogens with one attached hydrogen (secondary N) is 1. The summed E-state index contributed by atoms with van der Waals surface area (Å²) in [6.07, 6.45) is 1.90. The number of rotatable bonds is 5. The molecule has 0 fully saturated rings. The van der Waals surface area contributed by atoms with Crippen LogP contribution in [0.2, 0.25) is 0 Å². The van der Waals surface area contributed by atoms with E-state index in [0.717, 1.165) is 35.1 Å². The molecule has 0 spiro atoms. The first-order chi connectivity index (χ1) is 11.5. The van der Waals surface area contributed by atoms with Crippen LogP contribution < -0.4 is 10.1 Å². The van der Waals surface area contributed by atoms with Gasteiger partial charge in [-0.05, 0) is 35.9 Å². The van der Waals surface area contributed by atoms with E-state index in [0.29, 0.717) is 6.61 Å². The zero-order valence-corrected chi connectivity index (χ0v) is 12.6. The van der Waals surface area contributed by atoms with Crippen LogP contribution in [-0.4, -0.2) is 24.2 Å². The van der Waals surface area contributed by atoms with E-state index < -0.39 is 23.6 Å². The molecule has 0 amide bonds. The number of carbonyl (C=O) groups is 1. The number of carboxylic acids is 1. The summed E-state index contributed by atoms with van der Waals surface area (Å²) in [4.78, 5) is 11.4. The van der Waals surface area contributed by atoms with Crippen molar-refractivity contribution < 1.29 is 23.4 Å². The maximum atomic E-state index is 13.8. The molecule has 1 unspecified atom stereocenters. The maximum absolute atomic E-state index is 13.8. The standard InChI is InChI=1S/C18H15F2NO3/c19-13-5-6-15(20)14(8-13)17(18(22)23)21-9-11-7-12-3-1-2-4-16(12)24-10-11/h1-8,17,21H,9-10H2,(H,22,23). The summed E-state index contributed by atoms with van der Waals surface area (Å²) in [5, 5.41) is 12.1. The minimum atomic E-state index is -1.35. The molecule has 124 valence electrons. The van der Waals surface area contributed by atoms with E-state index in [1.165, 1.54) is 0 Å². The summed E-state index contributed by atoms with van der Waals surface area (Å²) in [5.74, 6) is -1.98. The van der Waals surface area contributed by atoms with Gasteiger partial charge in [0, 0.05) is 17.7 Å². The second-order valence-electron chi connectivity index (χ2n) is 5.45. The third kappa shape index (κ3) is 3.44. The molecule has 24 heavy (non-hydrogen) atoms. The number of benzene rings is 2. The largest absolute Gasteiger partial charge is 0.489 e. The van der Waals surface area contributed by atoms with Gasteiger partial charge in [0.15, 0.2) is 0 Å². The number of ether oxygens (including phenoxy) is 1. The lowest BCUT2D eigenvalue weighted by atomic mass is 10.0. The lowest BCUT2D eigenvalue weighted by molar-refractivity contribution is -0.139. The van der Waals surface area contributed by atoms with Crippen LogP contribution in [0, 0.1) is 11.6 Å². The Hall–Kier alpha value is -2.73. The van der Waals surface area contributed by atoms with E-state index >= 15 is 0 Å². The van der Waals surface area contributed by atoms with E-state index in [4.69, 9.17) is 4.74 Å². The molecule has 2 N–H and O–H groups in total. The molecular formula is C18H15F2NO3. The van der Waals surface area contributed by atoms with Crippen LogP contribution in [0.25, 0.3) is 6.08 Å². The van der Waals surface area contributed by atoms with Crippen LogP contribution in [-0.2, 0) is 4.79 Å². The lowest BCUT2D eigenvalue weighted by Gasteiger charge is -2.21. The average Bonchev–Trinajstić information content (AvgIpc) is 2.57. The molecule has 4 nitrogen and oxygen atoms in total. The predicted octanol–water partition coefficient (Wildman–Crippen LogP) is 3.16. The van der Waals surface area contributed by atoms with Crippen molar-refractivity contribution in [3.8, 4) is 5.75 Å². The van der Waals surface area contributed by atoms with Crippen molar-refractivity contribution in [2.24, 2.45) is 0 Å². The Labute approximate surface area is 137 Å². The number of carboxylic acid groups (broad SMARTS) is 1. The van der Waals surface area contributed by atoms with Gasteiger partial charge < -0.3 is 9.84 Å². The van der Waals surface area contributed by atoms with Crippen molar-refractivity contribution in [3.05, 3.63) is 70.8 Å². The molecule has 1 aliphatic heterocycles. The van der Waals surface area contributed by atoms with Crippen molar-refractivity contribution in [1.29, 1.82) is 0 Å². The summed E-state index contributed by atoms with van der Waals surface area (Å²) in [5.41, 5.74) is 1.47. The fourth-order valence-electron chi connectivity index (χ4n) is 2.56. The summed E-state index contributed by atoms with van der Waals surface area (Å²) in [7, 11) is 0. The molecular weight excluding hydrogens is 316 g/mol. The van der Waals surface area contributed by atoms with Crippen LogP contribution in [0.1, 0.15) is 17.2 Å². The highest BCUT2D eigenvalue weighted by Crippen LogP contribution is 2.26. The molecule has 1 atom stereocenters. The minimum Gasteiger partial charge on any atom is -0.489 e. The molecule has 0 bridgehead atoms. The first kappa shape index (κ1) is 16.1. The zero-order chi connectivity index (χ0) is 17.1. The van der Waals surface area contributed by atoms with Crippen molar-refractivity contribution in [1.82, 2.24) is 5.32 Å². The molecule has 0 saturated heterocycles. The Kier molecular flexibility index (Phi) is 4.57. The number of hydrogen-bond donors (Lipinski definition) is 2. The van der Waals surface area contributed by atoms with Gasteiger partial charge in [0.1, 0.15) is 30.0 Å². The first-order valence-corrected chi connectivity index (χ1v) is 7.37. The van der Waals surface area contributed by atoms with E-state index in [2.05, 4.69) is 5.32 Å². The van der Waals surface area contributed by atoms with Gasteiger partial charge in [0.05, 0.1) is 0 Å². The fraction of sp³-hybridized carbons (Fsp3) is 0.167. The first-order valence-electron chi connectivity index (χ1n) is 7.37. The van der Waals surface area contributed by atoms with Crippen LogP contribution in [0.15, 0.2) is 48.0 Å². The average molecular weight is 331 g/mol. The summed E-state index contributed by atoms with van der Waals surface area (Å²) >= 11 is 0. The second-order valence-corrected chi connectivity index (χ2v) is 5.45. The van der Waals surface area contributed by atoms with Gasteiger partial charge in [-0.25, -0.2) is 8.78 Å². The van der Waals surface area contributed by atoms with Crippen LogP contribution >= 0.6 is 0 Å². The highest BCUT2D eigenvalue weighted by atomic mass is 19.1. The summed E-state index contributed by atoms with van der Waals surface area (Å²) in [6.45, 7) is 0.489. The molecule has 0 saturated carbocycles. The van der Waals surface area contributed by atoms with Gasteiger partial charge in [-0.1, -0.05) is 18.2 Å². The molecule has 0 radical (unpaired) electrons. The maximum Gasteiger partial charge on any atom is 0.325 e. The van der Waals surface area contributed by atoms with Gasteiger partial charge in [0.25, 0.3) is 0 Å². The van der Waals surface area contributed by atoms with Crippen molar-refractivity contribution in [2.45, 2.75) is 6.04 Å². The molecule has 0 aromatic heterocycles. The second kappa shape index (κ2) is 6.80. The van der Waals surface area contributed by atoms with E-state index in [1.807, 2.05) is 30.3 Å². The van der Waals surface area contributed by atoms with Gasteiger partial charge in [-0.15, -0.1) is 0 Å². The molecule has 6 heteroatoms. The Morgan fingerprint density at radius 2 is 2.04 bits per heavy atom. The highest BCUT2D eigenvalue weighted by molar-refractivity contribution is 5.75. The summed E-state index contributed by atoms with van der Waals surface area (Å²) < 4.78 is 32.7. The zero-order valence-electron chi connectivity index (χ0n) is 12.6. The number of aliphatic carboxylic acids is 1. The van der Waals surface area contributed by atoms with Gasteiger partial charge in [-0.3, -0.25) is 10.1 Å². The van der Waals surface area contributed by atoms with E-state index in [9.17, 15) is 18.7 Å². The summed E-state index contributed by atoms with van der Waals surface area (Å²) in [6, 6.07) is 8.88. The number of hydrogen-bond acceptors (Lipinski definition) is 3. The minimum absolute atomic E-state index is 0.182. The van der Waals surface area contributed by atoms with Crippen LogP contribution in [0.5, 0.6) is 5.75 Å². The lowest BCUT2D eigenvalue weighted by Crippen LogP contribution is -2.32. The van der Waals surface area contributed by atoms with E-state index in [1.54, 1.807) is 0 Å². The van der Waals surface area contributed by atoms with Crippen molar-refractivity contribution in [2.75, 3.05) is 13.2 Å². The third-order valence-corrected chi connectivity index (χ3v) is 3.74. The van der Waals surface area contributed by atoms with E-state index in [-0.39, 0.29) is 12.1 Å². The van der Waals surface area contributed by atoms with Crippen molar-refractivity contribution >= 4 is 12.0 Å². The molecule has 2 aromatic carbocycles.